The van der Waals surface area contributed by atoms with E-state index in [9.17, 15) is 0 Å². The van der Waals surface area contributed by atoms with Crippen LogP contribution in [0.4, 0.5) is 0 Å². The van der Waals surface area contributed by atoms with E-state index in [1.165, 1.54) is 19.4 Å². The Morgan fingerprint density at radius 3 is 2.44 bits per heavy atom. The quantitative estimate of drug-likeness (QED) is 0.814. The topological polar surface area (TPSA) is 41.7 Å². The fraction of sp³-hybridized carbons (Fsp3) is 1.00. The van der Waals surface area contributed by atoms with Crippen molar-refractivity contribution in [1.82, 2.24) is 9.80 Å². The molecule has 1 unspecified atom stereocenters. The first-order valence-corrected chi connectivity index (χ1v) is 7.29. The van der Waals surface area contributed by atoms with E-state index in [0.717, 1.165) is 32.5 Å². The van der Waals surface area contributed by atoms with Gasteiger partial charge < -0.3 is 15.4 Å². The molecule has 1 saturated heterocycles. The van der Waals surface area contributed by atoms with Crippen molar-refractivity contribution in [2.75, 3.05) is 40.3 Å². The second-order valence-electron chi connectivity index (χ2n) is 6.17. The summed E-state index contributed by atoms with van der Waals surface area (Å²) in [6, 6.07) is 0.617. The molecule has 0 aromatic rings. The predicted molar refractivity (Wildman–Crippen MR) is 74.7 cm³/mol. The highest BCUT2D eigenvalue weighted by Crippen LogP contribution is 2.36. The first-order valence-electron chi connectivity index (χ1n) is 7.29. The van der Waals surface area contributed by atoms with Crippen molar-refractivity contribution < 1.29 is 4.74 Å². The molecular weight excluding hydrogens is 226 g/mol. The molecule has 2 fully saturated rings. The number of ether oxygens (including phenoxy) is 1. The van der Waals surface area contributed by atoms with E-state index in [2.05, 4.69) is 23.8 Å². The van der Waals surface area contributed by atoms with Crippen LogP contribution < -0.4 is 5.73 Å². The van der Waals surface area contributed by atoms with Crippen LogP contribution in [-0.2, 0) is 4.74 Å². The Hall–Kier alpha value is -0.160. The molecule has 2 aliphatic rings. The van der Waals surface area contributed by atoms with Crippen LogP contribution in [0.3, 0.4) is 0 Å². The molecule has 106 valence electrons. The van der Waals surface area contributed by atoms with Crippen LogP contribution in [-0.4, -0.2) is 67.8 Å². The number of rotatable bonds is 3. The molecule has 1 atom stereocenters. The molecule has 0 spiro atoms. The molecule has 4 heteroatoms. The Balaban J connectivity index is 2.04. The summed E-state index contributed by atoms with van der Waals surface area (Å²) in [5.74, 6) is 0. The lowest BCUT2D eigenvalue weighted by Crippen LogP contribution is -2.64. The third kappa shape index (κ3) is 2.72. The molecule has 18 heavy (non-hydrogen) atoms. The summed E-state index contributed by atoms with van der Waals surface area (Å²) in [7, 11) is 4.05. The van der Waals surface area contributed by atoms with Crippen LogP contribution in [0.2, 0.25) is 0 Å². The highest BCUT2D eigenvalue weighted by atomic mass is 16.5. The van der Waals surface area contributed by atoms with Crippen molar-refractivity contribution >= 4 is 0 Å². The molecule has 0 radical (unpaired) electrons. The zero-order valence-corrected chi connectivity index (χ0v) is 12.2. The zero-order chi connectivity index (χ0) is 13.2. The highest BCUT2D eigenvalue weighted by molar-refractivity contribution is 4.99. The minimum atomic E-state index is 0.232. The summed E-state index contributed by atoms with van der Waals surface area (Å²) < 4.78 is 5.49. The SMILES string of the molecule is COC1CCC(CN)(N2CCN(C)CC2C)CC1. The number of hydrogen-bond donors (Lipinski definition) is 1. The largest absolute Gasteiger partial charge is 0.381 e. The van der Waals surface area contributed by atoms with Crippen molar-refractivity contribution in [2.24, 2.45) is 5.73 Å². The Labute approximate surface area is 111 Å². The molecule has 2 rings (SSSR count). The lowest BCUT2D eigenvalue weighted by Gasteiger charge is -2.53. The van der Waals surface area contributed by atoms with Gasteiger partial charge in [0.25, 0.3) is 0 Å². The maximum atomic E-state index is 6.16. The van der Waals surface area contributed by atoms with Crippen LogP contribution in [0.15, 0.2) is 0 Å². The predicted octanol–water partition coefficient (Wildman–Crippen LogP) is 0.909. The maximum absolute atomic E-state index is 6.16. The van der Waals surface area contributed by atoms with Crippen molar-refractivity contribution in [2.45, 2.75) is 50.3 Å². The normalized spacial score (nSPS) is 40.0. The summed E-state index contributed by atoms with van der Waals surface area (Å²) in [5.41, 5.74) is 6.39. The molecule has 2 N–H and O–H groups in total. The zero-order valence-electron chi connectivity index (χ0n) is 12.2. The van der Waals surface area contributed by atoms with Gasteiger partial charge in [0.05, 0.1) is 6.10 Å². The summed E-state index contributed by atoms with van der Waals surface area (Å²) in [4.78, 5) is 5.10. The average Bonchev–Trinajstić information content (AvgIpc) is 2.39. The second-order valence-corrected chi connectivity index (χ2v) is 6.17. The Morgan fingerprint density at radius 1 is 1.28 bits per heavy atom. The lowest BCUT2D eigenvalue weighted by atomic mass is 9.78. The van der Waals surface area contributed by atoms with E-state index in [4.69, 9.17) is 10.5 Å². The average molecular weight is 255 g/mol. The number of nitrogens with two attached hydrogens (primary N) is 1. The number of hydrogen-bond acceptors (Lipinski definition) is 4. The van der Waals surface area contributed by atoms with Crippen LogP contribution in [0.5, 0.6) is 0 Å². The van der Waals surface area contributed by atoms with Crippen LogP contribution in [0, 0.1) is 0 Å². The summed E-state index contributed by atoms with van der Waals surface area (Å²) >= 11 is 0. The second kappa shape index (κ2) is 5.87. The summed E-state index contributed by atoms with van der Waals surface area (Å²) in [5, 5.41) is 0. The van der Waals surface area contributed by atoms with Gasteiger partial charge in [0.15, 0.2) is 0 Å². The van der Waals surface area contributed by atoms with Gasteiger partial charge in [0, 0.05) is 44.9 Å². The lowest BCUT2D eigenvalue weighted by molar-refractivity contribution is -0.0463. The Kier molecular flexibility index (Phi) is 4.64. The number of likely N-dealkylation sites (N-methyl/N-ethyl adjacent to an activating group) is 1. The summed E-state index contributed by atoms with van der Waals surface area (Å²) in [6.07, 6.45) is 5.15. The van der Waals surface area contributed by atoms with E-state index in [1.807, 2.05) is 7.11 Å². The van der Waals surface area contributed by atoms with Crippen LogP contribution in [0.25, 0.3) is 0 Å². The van der Waals surface area contributed by atoms with Gasteiger partial charge in [0.1, 0.15) is 0 Å². The van der Waals surface area contributed by atoms with Crippen molar-refractivity contribution in [1.29, 1.82) is 0 Å². The smallest absolute Gasteiger partial charge is 0.0572 e. The first-order chi connectivity index (χ1) is 8.61. The van der Waals surface area contributed by atoms with Gasteiger partial charge in [-0.1, -0.05) is 0 Å². The fourth-order valence-electron chi connectivity index (χ4n) is 3.82. The van der Waals surface area contributed by atoms with Gasteiger partial charge in [-0.25, -0.2) is 0 Å². The molecule has 0 amide bonds. The number of methoxy groups -OCH3 is 1. The van der Waals surface area contributed by atoms with Crippen LogP contribution >= 0.6 is 0 Å². The number of piperazine rings is 1. The van der Waals surface area contributed by atoms with Gasteiger partial charge in [-0.3, -0.25) is 4.90 Å². The standard InChI is InChI=1S/C14H29N3O/c1-12-10-16(2)8-9-17(12)14(11-15)6-4-13(18-3)5-7-14/h12-13H,4-11,15H2,1-3H3. The summed E-state index contributed by atoms with van der Waals surface area (Å²) in [6.45, 7) is 6.62. The third-order valence-electron chi connectivity index (χ3n) is 5.02. The van der Waals surface area contributed by atoms with Crippen molar-refractivity contribution in [3.05, 3.63) is 0 Å². The molecule has 1 aliphatic heterocycles. The van der Waals surface area contributed by atoms with E-state index >= 15 is 0 Å². The van der Waals surface area contributed by atoms with Crippen molar-refractivity contribution in [3.8, 4) is 0 Å². The molecule has 0 bridgehead atoms. The Bertz CT molecular complexity index is 264. The third-order valence-corrected chi connectivity index (χ3v) is 5.02. The first kappa shape index (κ1) is 14.3. The van der Waals surface area contributed by atoms with Gasteiger partial charge >= 0.3 is 0 Å². The monoisotopic (exact) mass is 255 g/mol. The minimum absolute atomic E-state index is 0.232. The molecule has 0 aromatic carbocycles. The van der Waals surface area contributed by atoms with E-state index in [-0.39, 0.29) is 5.54 Å². The highest BCUT2D eigenvalue weighted by Gasteiger charge is 2.42. The molecule has 1 aliphatic carbocycles. The molecule has 1 heterocycles. The van der Waals surface area contributed by atoms with Gasteiger partial charge in [0.2, 0.25) is 0 Å². The minimum Gasteiger partial charge on any atom is -0.381 e. The van der Waals surface area contributed by atoms with Crippen LogP contribution in [0.1, 0.15) is 32.6 Å². The van der Waals surface area contributed by atoms with Gasteiger partial charge in [-0.05, 0) is 39.7 Å². The maximum Gasteiger partial charge on any atom is 0.0572 e. The van der Waals surface area contributed by atoms with Gasteiger partial charge in [-0.15, -0.1) is 0 Å². The van der Waals surface area contributed by atoms with E-state index in [1.54, 1.807) is 0 Å². The fourth-order valence-corrected chi connectivity index (χ4v) is 3.82. The molecule has 0 aromatic heterocycles. The van der Waals surface area contributed by atoms with Gasteiger partial charge in [-0.2, -0.15) is 0 Å². The molecule has 1 saturated carbocycles. The van der Waals surface area contributed by atoms with E-state index < -0.39 is 0 Å². The molecule has 4 nitrogen and oxygen atoms in total. The van der Waals surface area contributed by atoms with Crippen molar-refractivity contribution in [3.63, 3.8) is 0 Å². The number of nitrogens with zero attached hydrogens (tertiary/aromatic N) is 2. The molecular formula is C14H29N3O. The van der Waals surface area contributed by atoms with E-state index in [0.29, 0.717) is 12.1 Å². The Morgan fingerprint density at radius 2 is 1.94 bits per heavy atom.